The minimum absolute atomic E-state index is 0.121. The smallest absolute Gasteiger partial charge is 0.335 e. The third kappa shape index (κ3) is 3.00. The molecule has 1 aliphatic rings. The van der Waals surface area contributed by atoms with E-state index < -0.39 is 17.9 Å². The zero-order valence-electron chi connectivity index (χ0n) is 12.7. The lowest BCUT2D eigenvalue weighted by molar-refractivity contribution is -0.145. The molecule has 116 valence electrons. The zero-order valence-corrected chi connectivity index (χ0v) is 12.7. The zero-order chi connectivity index (χ0) is 16.1. The van der Waals surface area contributed by atoms with E-state index in [9.17, 15) is 9.59 Å². The molecule has 0 amide bonds. The van der Waals surface area contributed by atoms with Gasteiger partial charge in [-0.3, -0.25) is 4.79 Å². The van der Waals surface area contributed by atoms with Crippen LogP contribution in [0.2, 0.25) is 0 Å². The standard InChI is InChI=1S/C16H17NO5/c1-4-22-14-13(16(19)21-3)11(15(18)20-2)9-10-7-5-6-8-12(10)17-14/h5-9,13H,4H2,1-3H3. The number of hydrogen-bond acceptors (Lipinski definition) is 6. The van der Waals surface area contributed by atoms with Gasteiger partial charge in [-0.05, 0) is 19.1 Å². The number of methoxy groups -OCH3 is 2. The highest BCUT2D eigenvalue weighted by Gasteiger charge is 2.37. The van der Waals surface area contributed by atoms with Crippen LogP contribution in [0.3, 0.4) is 0 Å². The number of fused-ring (bicyclic) bond motifs is 1. The van der Waals surface area contributed by atoms with Crippen LogP contribution in [0.1, 0.15) is 12.5 Å². The summed E-state index contributed by atoms with van der Waals surface area (Å²) in [5.74, 6) is -2.18. The number of benzene rings is 1. The predicted octanol–water partition coefficient (Wildman–Crippen LogP) is 2.11. The van der Waals surface area contributed by atoms with E-state index in [0.717, 1.165) is 0 Å². The number of para-hydroxylation sites is 1. The Morgan fingerprint density at radius 1 is 1.18 bits per heavy atom. The van der Waals surface area contributed by atoms with Crippen molar-refractivity contribution < 1.29 is 23.8 Å². The highest BCUT2D eigenvalue weighted by molar-refractivity contribution is 6.13. The molecule has 0 spiro atoms. The van der Waals surface area contributed by atoms with Gasteiger partial charge in [0.2, 0.25) is 5.90 Å². The summed E-state index contributed by atoms with van der Waals surface area (Å²) in [6.45, 7) is 2.08. The molecule has 0 aromatic heterocycles. The Kier molecular flexibility index (Phi) is 4.93. The second-order valence-electron chi connectivity index (χ2n) is 4.49. The first kappa shape index (κ1) is 15.8. The van der Waals surface area contributed by atoms with Crippen molar-refractivity contribution in [2.75, 3.05) is 20.8 Å². The molecule has 0 aliphatic carbocycles. The summed E-state index contributed by atoms with van der Waals surface area (Å²) in [7, 11) is 2.50. The van der Waals surface area contributed by atoms with Crippen LogP contribution in [0.25, 0.3) is 6.08 Å². The molecule has 1 heterocycles. The van der Waals surface area contributed by atoms with E-state index in [4.69, 9.17) is 14.2 Å². The second kappa shape index (κ2) is 6.89. The van der Waals surface area contributed by atoms with Crippen LogP contribution in [0.5, 0.6) is 0 Å². The largest absolute Gasteiger partial charge is 0.480 e. The fourth-order valence-electron chi connectivity index (χ4n) is 2.18. The van der Waals surface area contributed by atoms with Gasteiger partial charge < -0.3 is 14.2 Å². The molecule has 0 saturated heterocycles. The minimum atomic E-state index is -1.05. The van der Waals surface area contributed by atoms with E-state index in [1.165, 1.54) is 14.2 Å². The summed E-state index contributed by atoms with van der Waals surface area (Å²) < 4.78 is 15.1. The van der Waals surface area contributed by atoms with Crippen LogP contribution < -0.4 is 0 Å². The average molecular weight is 303 g/mol. The summed E-state index contributed by atoms with van der Waals surface area (Å²) in [5.41, 5.74) is 1.44. The molecular formula is C16H17NO5. The number of nitrogens with zero attached hydrogens (tertiary/aromatic N) is 1. The van der Waals surface area contributed by atoms with Gasteiger partial charge in [-0.2, -0.15) is 0 Å². The topological polar surface area (TPSA) is 74.2 Å². The lowest BCUT2D eigenvalue weighted by Gasteiger charge is -2.17. The molecule has 2 rings (SSSR count). The molecule has 0 saturated carbocycles. The van der Waals surface area contributed by atoms with Crippen molar-refractivity contribution in [1.29, 1.82) is 0 Å². The molecular weight excluding hydrogens is 286 g/mol. The van der Waals surface area contributed by atoms with Gasteiger partial charge in [-0.25, -0.2) is 9.79 Å². The van der Waals surface area contributed by atoms with Gasteiger partial charge in [0.1, 0.15) is 0 Å². The monoisotopic (exact) mass is 303 g/mol. The van der Waals surface area contributed by atoms with Crippen molar-refractivity contribution in [2.24, 2.45) is 10.9 Å². The van der Waals surface area contributed by atoms with Crippen LogP contribution >= 0.6 is 0 Å². The Morgan fingerprint density at radius 3 is 2.55 bits per heavy atom. The third-order valence-electron chi connectivity index (χ3n) is 3.19. The van der Waals surface area contributed by atoms with Gasteiger partial charge in [0.15, 0.2) is 5.92 Å². The van der Waals surface area contributed by atoms with E-state index >= 15 is 0 Å². The summed E-state index contributed by atoms with van der Waals surface area (Å²) in [6.07, 6.45) is 1.58. The van der Waals surface area contributed by atoms with Crippen molar-refractivity contribution in [3.8, 4) is 0 Å². The van der Waals surface area contributed by atoms with Gasteiger partial charge in [-0.1, -0.05) is 18.2 Å². The maximum atomic E-state index is 12.2. The van der Waals surface area contributed by atoms with Crippen LogP contribution in [-0.2, 0) is 23.8 Å². The molecule has 0 N–H and O–H groups in total. The molecule has 1 aliphatic heterocycles. The van der Waals surface area contributed by atoms with Crippen molar-refractivity contribution in [2.45, 2.75) is 6.92 Å². The fraction of sp³-hybridized carbons (Fsp3) is 0.312. The maximum absolute atomic E-state index is 12.2. The number of esters is 2. The Labute approximate surface area is 128 Å². The molecule has 0 fully saturated rings. The van der Waals surface area contributed by atoms with Gasteiger partial charge in [0, 0.05) is 5.56 Å². The van der Waals surface area contributed by atoms with E-state index in [0.29, 0.717) is 17.9 Å². The lowest BCUT2D eigenvalue weighted by Crippen LogP contribution is -2.32. The van der Waals surface area contributed by atoms with Crippen molar-refractivity contribution >= 4 is 29.6 Å². The Morgan fingerprint density at radius 2 is 1.91 bits per heavy atom. The molecule has 6 nitrogen and oxygen atoms in total. The van der Waals surface area contributed by atoms with Crippen molar-refractivity contribution in [3.63, 3.8) is 0 Å². The lowest BCUT2D eigenvalue weighted by atomic mass is 9.97. The summed E-state index contributed by atoms with van der Waals surface area (Å²) in [4.78, 5) is 28.6. The second-order valence-corrected chi connectivity index (χ2v) is 4.49. The molecule has 0 radical (unpaired) electrons. The molecule has 6 heteroatoms. The van der Waals surface area contributed by atoms with Gasteiger partial charge in [0.25, 0.3) is 0 Å². The maximum Gasteiger partial charge on any atom is 0.335 e. The first-order chi connectivity index (χ1) is 10.6. The SMILES string of the molecule is CCOC1=Nc2ccccc2C=C(C(=O)OC)C1C(=O)OC. The quantitative estimate of drug-likeness (QED) is 0.800. The number of hydrogen-bond donors (Lipinski definition) is 0. The Bertz CT molecular complexity index is 648. The Balaban J connectivity index is 2.66. The highest BCUT2D eigenvalue weighted by atomic mass is 16.5. The number of ether oxygens (including phenoxy) is 3. The minimum Gasteiger partial charge on any atom is -0.480 e. The van der Waals surface area contributed by atoms with Crippen molar-refractivity contribution in [3.05, 3.63) is 35.4 Å². The first-order valence-electron chi connectivity index (χ1n) is 6.80. The summed E-state index contributed by atoms with van der Waals surface area (Å²) in [5, 5.41) is 0. The summed E-state index contributed by atoms with van der Waals surface area (Å²) >= 11 is 0. The van der Waals surface area contributed by atoms with E-state index in [2.05, 4.69) is 4.99 Å². The third-order valence-corrected chi connectivity index (χ3v) is 3.19. The average Bonchev–Trinajstić information content (AvgIpc) is 2.70. The van der Waals surface area contributed by atoms with Gasteiger partial charge >= 0.3 is 11.9 Å². The van der Waals surface area contributed by atoms with Gasteiger partial charge in [-0.15, -0.1) is 0 Å². The molecule has 1 atom stereocenters. The van der Waals surface area contributed by atoms with Crippen LogP contribution in [0, 0.1) is 5.92 Å². The predicted molar refractivity (Wildman–Crippen MR) is 80.7 cm³/mol. The molecule has 1 unspecified atom stereocenters. The Hall–Kier alpha value is -2.63. The number of carbonyl (C=O) groups excluding carboxylic acids is 2. The first-order valence-corrected chi connectivity index (χ1v) is 6.80. The van der Waals surface area contributed by atoms with Crippen LogP contribution in [0.4, 0.5) is 5.69 Å². The number of rotatable bonds is 3. The molecule has 22 heavy (non-hydrogen) atoms. The van der Waals surface area contributed by atoms with E-state index in [1.54, 1.807) is 25.1 Å². The van der Waals surface area contributed by atoms with Crippen LogP contribution in [-0.4, -0.2) is 38.7 Å². The highest BCUT2D eigenvalue weighted by Crippen LogP contribution is 2.31. The van der Waals surface area contributed by atoms with Gasteiger partial charge in [0.05, 0.1) is 32.1 Å². The molecule has 1 aromatic carbocycles. The van der Waals surface area contributed by atoms with E-state index in [1.807, 2.05) is 12.1 Å². The van der Waals surface area contributed by atoms with E-state index in [-0.39, 0.29) is 11.5 Å². The van der Waals surface area contributed by atoms with Crippen LogP contribution in [0.15, 0.2) is 34.8 Å². The molecule has 0 bridgehead atoms. The normalized spacial score (nSPS) is 16.6. The number of carbonyl (C=O) groups is 2. The molecule has 1 aromatic rings. The summed E-state index contributed by atoms with van der Waals surface area (Å²) in [6, 6.07) is 7.21. The number of aliphatic imine (C=N–C) groups is 1. The fourth-order valence-corrected chi connectivity index (χ4v) is 2.18. The van der Waals surface area contributed by atoms with Crippen molar-refractivity contribution in [1.82, 2.24) is 0 Å².